The van der Waals surface area contributed by atoms with Crippen molar-refractivity contribution in [1.29, 1.82) is 0 Å². The van der Waals surface area contributed by atoms with E-state index in [4.69, 9.17) is 0 Å². The maximum atomic E-state index is 12.1. The Morgan fingerprint density at radius 1 is 1.28 bits per heavy atom. The van der Waals surface area contributed by atoms with Crippen LogP contribution in [0.15, 0.2) is 65.7 Å². The van der Waals surface area contributed by atoms with Crippen molar-refractivity contribution < 1.29 is 4.79 Å². The van der Waals surface area contributed by atoms with E-state index in [2.05, 4.69) is 32.0 Å². The molecule has 0 radical (unpaired) electrons. The van der Waals surface area contributed by atoms with E-state index in [1.807, 2.05) is 42.5 Å². The molecule has 0 unspecified atom stereocenters. The number of aromatic nitrogens is 3. The first-order valence-electron chi connectivity index (χ1n) is 7.68. The number of carbonyl (C=O) groups excluding carboxylic acids is 1. The van der Waals surface area contributed by atoms with Gasteiger partial charge in [-0.15, -0.1) is 0 Å². The average Bonchev–Trinajstić information content (AvgIpc) is 3.06. The largest absolute Gasteiger partial charge is 0.339 e. The third-order valence-corrected chi connectivity index (χ3v) is 3.57. The van der Waals surface area contributed by atoms with Gasteiger partial charge in [0, 0.05) is 23.2 Å². The number of nitrogens with one attached hydrogen (secondary N) is 2. The van der Waals surface area contributed by atoms with E-state index in [9.17, 15) is 4.79 Å². The van der Waals surface area contributed by atoms with Crippen molar-refractivity contribution in [2.45, 2.75) is 6.92 Å². The van der Waals surface area contributed by atoms with Gasteiger partial charge in [-0.2, -0.15) is 0 Å². The summed E-state index contributed by atoms with van der Waals surface area (Å²) in [5, 5.41) is 2.80. The Hall–Kier alpha value is -3.54. The fraction of sp³-hybridized carbons (Fsp3) is 0.0526. The molecule has 0 spiro atoms. The minimum atomic E-state index is -0.289. The van der Waals surface area contributed by atoms with Crippen molar-refractivity contribution in [3.8, 4) is 11.3 Å². The first-order valence-corrected chi connectivity index (χ1v) is 7.68. The molecule has 0 atom stereocenters. The minimum absolute atomic E-state index is 0.289. The molecule has 1 amide bonds. The highest BCUT2D eigenvalue weighted by molar-refractivity contribution is 5.93. The van der Waals surface area contributed by atoms with Gasteiger partial charge in [0.1, 0.15) is 17.8 Å². The van der Waals surface area contributed by atoms with Crippen LogP contribution in [0.3, 0.4) is 0 Å². The van der Waals surface area contributed by atoms with Gasteiger partial charge in [-0.25, -0.2) is 15.0 Å². The lowest BCUT2D eigenvalue weighted by Crippen LogP contribution is -2.22. The number of allylic oxidation sites excluding steroid dienone is 1. The zero-order chi connectivity index (χ0) is 17.6. The molecular weight excluding hydrogens is 314 g/mol. The number of amides is 1. The van der Waals surface area contributed by atoms with Gasteiger partial charge < -0.3 is 10.3 Å². The lowest BCUT2D eigenvalue weighted by Gasteiger charge is -2.04. The summed E-state index contributed by atoms with van der Waals surface area (Å²) in [7, 11) is 0. The summed E-state index contributed by atoms with van der Waals surface area (Å²) in [4.78, 5) is 27.1. The van der Waals surface area contributed by atoms with Crippen molar-refractivity contribution in [2.75, 3.05) is 0 Å². The van der Waals surface area contributed by atoms with Crippen molar-refractivity contribution in [2.24, 2.45) is 4.99 Å². The molecule has 3 aromatic rings. The van der Waals surface area contributed by atoms with Gasteiger partial charge in [0.05, 0.1) is 0 Å². The molecule has 6 nitrogen and oxygen atoms in total. The van der Waals surface area contributed by atoms with Crippen LogP contribution >= 0.6 is 0 Å². The number of aromatic amines is 1. The Bertz CT molecular complexity index is 914. The molecule has 2 N–H and O–H groups in total. The zero-order valence-electron chi connectivity index (χ0n) is 13.7. The maximum Gasteiger partial charge on any atom is 0.274 e. The fourth-order valence-corrected chi connectivity index (χ4v) is 2.41. The zero-order valence-corrected chi connectivity index (χ0v) is 13.7. The Morgan fingerprint density at radius 2 is 2.08 bits per heavy atom. The van der Waals surface area contributed by atoms with Gasteiger partial charge in [-0.05, 0) is 37.4 Å². The van der Waals surface area contributed by atoms with Crippen LogP contribution in [0.5, 0.6) is 0 Å². The molecule has 6 heteroatoms. The monoisotopic (exact) mass is 331 g/mol. The van der Waals surface area contributed by atoms with Crippen LogP contribution in [-0.2, 0) is 0 Å². The second kappa shape index (κ2) is 7.35. The molecule has 0 aliphatic rings. The minimum Gasteiger partial charge on any atom is -0.339 e. The lowest BCUT2D eigenvalue weighted by molar-refractivity contribution is 0.0961. The first-order chi connectivity index (χ1) is 12.2. The number of carbonyl (C=O) groups is 1. The van der Waals surface area contributed by atoms with Crippen LogP contribution in [0.4, 0.5) is 5.82 Å². The third-order valence-electron chi connectivity index (χ3n) is 3.57. The highest BCUT2D eigenvalue weighted by Gasteiger charge is 2.09. The van der Waals surface area contributed by atoms with Crippen molar-refractivity contribution >= 4 is 24.5 Å². The molecule has 124 valence electrons. The van der Waals surface area contributed by atoms with Crippen LogP contribution in [0.2, 0.25) is 0 Å². The Kier molecular flexibility index (Phi) is 4.80. The van der Waals surface area contributed by atoms with E-state index in [-0.39, 0.29) is 5.91 Å². The van der Waals surface area contributed by atoms with Gasteiger partial charge in [0.25, 0.3) is 5.91 Å². The summed E-state index contributed by atoms with van der Waals surface area (Å²) in [6.45, 7) is 5.41. The van der Waals surface area contributed by atoms with Crippen molar-refractivity contribution in [1.82, 2.24) is 20.3 Å². The molecular formula is C19H17N5O. The lowest BCUT2D eigenvalue weighted by atomic mass is 10.1. The highest BCUT2D eigenvalue weighted by Crippen LogP contribution is 2.28. The molecule has 0 aliphatic carbocycles. The third kappa shape index (κ3) is 3.87. The Labute approximate surface area is 145 Å². The van der Waals surface area contributed by atoms with Gasteiger partial charge in [-0.1, -0.05) is 30.3 Å². The summed E-state index contributed by atoms with van der Waals surface area (Å²) in [6, 6.07) is 13.5. The molecule has 0 bridgehead atoms. The molecule has 2 aromatic heterocycles. The van der Waals surface area contributed by atoms with Crippen LogP contribution in [0.25, 0.3) is 17.3 Å². The van der Waals surface area contributed by atoms with Crippen LogP contribution in [0.1, 0.15) is 23.0 Å². The number of aliphatic imine (C=N–C) groups is 1. The number of rotatable bonds is 5. The number of hydrogen-bond acceptors (Lipinski definition) is 4. The maximum absolute atomic E-state index is 12.1. The second-order valence-corrected chi connectivity index (χ2v) is 5.39. The quantitative estimate of drug-likeness (QED) is 0.701. The second-order valence-electron chi connectivity index (χ2n) is 5.39. The molecule has 3 rings (SSSR count). The SMILES string of the molecule is C=Nc1[nH]c(-c2ccccc2)cc1/C=C(\C)NC(=O)c1ccncn1. The topological polar surface area (TPSA) is 83.0 Å². The van der Waals surface area contributed by atoms with E-state index in [1.54, 1.807) is 13.0 Å². The van der Waals surface area contributed by atoms with E-state index in [1.165, 1.54) is 12.5 Å². The summed E-state index contributed by atoms with van der Waals surface area (Å²) in [5.41, 5.74) is 3.81. The van der Waals surface area contributed by atoms with Crippen molar-refractivity contribution in [3.63, 3.8) is 0 Å². The highest BCUT2D eigenvalue weighted by atomic mass is 16.1. The van der Waals surface area contributed by atoms with E-state index >= 15 is 0 Å². The first kappa shape index (κ1) is 16.3. The molecule has 2 heterocycles. The number of nitrogens with zero attached hydrogens (tertiary/aromatic N) is 3. The molecule has 1 aromatic carbocycles. The summed E-state index contributed by atoms with van der Waals surface area (Å²) in [5.74, 6) is 0.359. The molecule has 0 saturated carbocycles. The smallest absolute Gasteiger partial charge is 0.274 e. The number of hydrogen-bond donors (Lipinski definition) is 2. The molecule has 25 heavy (non-hydrogen) atoms. The van der Waals surface area contributed by atoms with Crippen LogP contribution in [-0.4, -0.2) is 27.6 Å². The average molecular weight is 331 g/mol. The molecule has 0 saturated heterocycles. The van der Waals surface area contributed by atoms with Crippen molar-refractivity contribution in [3.05, 3.63) is 71.9 Å². The fourth-order valence-electron chi connectivity index (χ4n) is 2.41. The number of benzene rings is 1. The van der Waals surface area contributed by atoms with E-state index in [0.29, 0.717) is 17.2 Å². The number of H-pyrrole nitrogens is 1. The Balaban J connectivity index is 1.83. The standard InChI is InChI=1S/C19H17N5O/c1-13(23-19(25)16-8-9-21-12-22-16)10-15-11-17(24-18(15)20-2)14-6-4-3-5-7-14/h3-12,24H,2H2,1H3,(H,23,25)/b13-10+. The normalized spacial score (nSPS) is 11.2. The predicted molar refractivity (Wildman–Crippen MR) is 98.6 cm³/mol. The van der Waals surface area contributed by atoms with Gasteiger partial charge in [0.2, 0.25) is 0 Å². The van der Waals surface area contributed by atoms with Crippen LogP contribution in [0, 0.1) is 0 Å². The summed E-state index contributed by atoms with van der Waals surface area (Å²) >= 11 is 0. The summed E-state index contributed by atoms with van der Waals surface area (Å²) in [6.07, 6.45) is 4.71. The summed E-state index contributed by atoms with van der Waals surface area (Å²) < 4.78 is 0. The Morgan fingerprint density at radius 3 is 2.76 bits per heavy atom. The van der Waals surface area contributed by atoms with Gasteiger partial charge in [0.15, 0.2) is 0 Å². The molecule has 0 aliphatic heterocycles. The van der Waals surface area contributed by atoms with E-state index in [0.717, 1.165) is 16.8 Å². The predicted octanol–water partition coefficient (Wildman–Crippen LogP) is 3.59. The van der Waals surface area contributed by atoms with Gasteiger partial charge >= 0.3 is 0 Å². The van der Waals surface area contributed by atoms with Crippen LogP contribution < -0.4 is 5.32 Å². The van der Waals surface area contributed by atoms with E-state index < -0.39 is 0 Å². The molecule has 0 fully saturated rings. The van der Waals surface area contributed by atoms with Gasteiger partial charge in [-0.3, -0.25) is 4.79 Å².